The molecule has 1 aromatic rings. The third kappa shape index (κ3) is 2.49. The number of carbonyl (C=O) groups is 1. The highest BCUT2D eigenvalue weighted by Crippen LogP contribution is 2.19. The number of carboxylic acids is 1. The van der Waals surface area contributed by atoms with E-state index in [1.807, 2.05) is 31.2 Å². The molecule has 0 aliphatic rings. The average molecular weight is 193 g/mol. The summed E-state index contributed by atoms with van der Waals surface area (Å²) in [5.41, 5.74) is 1.80. The second kappa shape index (κ2) is 4.65. The van der Waals surface area contributed by atoms with Crippen LogP contribution in [-0.2, 0) is 4.79 Å². The van der Waals surface area contributed by atoms with Gasteiger partial charge in [0.1, 0.15) is 0 Å². The van der Waals surface area contributed by atoms with Crippen LogP contribution in [0.2, 0.25) is 0 Å². The zero-order valence-corrected chi connectivity index (χ0v) is 8.45. The first-order chi connectivity index (χ1) is 6.65. The van der Waals surface area contributed by atoms with Crippen molar-refractivity contribution < 1.29 is 9.90 Å². The zero-order chi connectivity index (χ0) is 10.6. The summed E-state index contributed by atoms with van der Waals surface area (Å²) in [7, 11) is 0. The number of rotatable bonds is 4. The summed E-state index contributed by atoms with van der Waals surface area (Å²) in [6.07, 6.45) is 0. The van der Waals surface area contributed by atoms with Crippen LogP contribution in [-0.4, -0.2) is 17.6 Å². The second-order valence-corrected chi connectivity index (χ2v) is 3.22. The maximum Gasteiger partial charge on any atom is 0.310 e. The van der Waals surface area contributed by atoms with Crippen molar-refractivity contribution in [2.75, 3.05) is 11.9 Å². The maximum absolute atomic E-state index is 10.7. The van der Waals surface area contributed by atoms with Crippen molar-refractivity contribution in [3.8, 4) is 0 Å². The SMILES string of the molecule is CCNc1cccc(C(C)C(=O)O)c1. The lowest BCUT2D eigenvalue weighted by atomic mass is 10.0. The standard InChI is InChI=1S/C11H15NO2/c1-3-12-10-6-4-5-9(7-10)8(2)11(13)14/h4-8,12H,3H2,1-2H3,(H,13,14). The molecule has 0 aliphatic heterocycles. The molecule has 0 fully saturated rings. The predicted octanol–water partition coefficient (Wildman–Crippen LogP) is 2.31. The van der Waals surface area contributed by atoms with Gasteiger partial charge in [0.2, 0.25) is 0 Å². The van der Waals surface area contributed by atoms with Crippen LogP contribution in [0.25, 0.3) is 0 Å². The molecular weight excluding hydrogens is 178 g/mol. The van der Waals surface area contributed by atoms with E-state index in [1.54, 1.807) is 6.92 Å². The van der Waals surface area contributed by atoms with Gasteiger partial charge in [-0.3, -0.25) is 4.79 Å². The summed E-state index contributed by atoms with van der Waals surface area (Å²) in [6, 6.07) is 7.51. The summed E-state index contributed by atoms with van der Waals surface area (Å²) >= 11 is 0. The van der Waals surface area contributed by atoms with E-state index in [0.717, 1.165) is 17.8 Å². The molecule has 0 spiro atoms. The topological polar surface area (TPSA) is 49.3 Å². The van der Waals surface area contributed by atoms with Crippen LogP contribution in [0, 0.1) is 0 Å². The summed E-state index contributed by atoms with van der Waals surface area (Å²) in [4.78, 5) is 10.7. The fraction of sp³-hybridized carbons (Fsp3) is 0.364. The highest BCUT2D eigenvalue weighted by molar-refractivity contribution is 5.76. The van der Waals surface area contributed by atoms with Crippen molar-refractivity contribution in [2.24, 2.45) is 0 Å². The molecule has 3 heteroatoms. The largest absolute Gasteiger partial charge is 0.481 e. The fourth-order valence-corrected chi connectivity index (χ4v) is 1.26. The molecule has 1 aromatic carbocycles. The Bertz CT molecular complexity index is 323. The molecule has 0 saturated heterocycles. The molecule has 1 atom stereocenters. The van der Waals surface area contributed by atoms with Crippen LogP contribution in [0.1, 0.15) is 25.3 Å². The number of carboxylic acid groups (broad SMARTS) is 1. The Morgan fingerprint density at radius 3 is 2.86 bits per heavy atom. The first-order valence-corrected chi connectivity index (χ1v) is 4.71. The van der Waals surface area contributed by atoms with Gasteiger partial charge in [-0.1, -0.05) is 12.1 Å². The molecular formula is C11H15NO2. The van der Waals surface area contributed by atoms with Crippen LogP contribution in [0.15, 0.2) is 24.3 Å². The minimum absolute atomic E-state index is 0.450. The van der Waals surface area contributed by atoms with Crippen LogP contribution < -0.4 is 5.32 Å². The second-order valence-electron chi connectivity index (χ2n) is 3.22. The predicted molar refractivity (Wildman–Crippen MR) is 56.7 cm³/mol. The number of hydrogen-bond acceptors (Lipinski definition) is 2. The van der Waals surface area contributed by atoms with Gasteiger partial charge in [-0.15, -0.1) is 0 Å². The first kappa shape index (κ1) is 10.6. The molecule has 0 heterocycles. The van der Waals surface area contributed by atoms with Crippen LogP contribution in [0.3, 0.4) is 0 Å². The van der Waals surface area contributed by atoms with Gasteiger partial charge >= 0.3 is 5.97 Å². The van der Waals surface area contributed by atoms with Crippen molar-refractivity contribution >= 4 is 11.7 Å². The minimum atomic E-state index is -0.793. The molecule has 0 aromatic heterocycles. The smallest absolute Gasteiger partial charge is 0.310 e. The molecule has 1 rings (SSSR count). The Morgan fingerprint density at radius 1 is 1.57 bits per heavy atom. The lowest BCUT2D eigenvalue weighted by Crippen LogP contribution is -2.07. The molecule has 1 unspecified atom stereocenters. The van der Waals surface area contributed by atoms with Crippen molar-refractivity contribution in [2.45, 2.75) is 19.8 Å². The van der Waals surface area contributed by atoms with E-state index in [0.29, 0.717) is 0 Å². The van der Waals surface area contributed by atoms with Crippen LogP contribution in [0.4, 0.5) is 5.69 Å². The van der Waals surface area contributed by atoms with Crippen molar-refractivity contribution in [1.29, 1.82) is 0 Å². The van der Waals surface area contributed by atoms with Gasteiger partial charge in [0.05, 0.1) is 5.92 Å². The van der Waals surface area contributed by atoms with E-state index < -0.39 is 11.9 Å². The lowest BCUT2D eigenvalue weighted by Gasteiger charge is -2.09. The first-order valence-electron chi connectivity index (χ1n) is 4.71. The monoisotopic (exact) mass is 193 g/mol. The molecule has 0 aliphatic carbocycles. The van der Waals surface area contributed by atoms with Crippen LogP contribution >= 0.6 is 0 Å². The third-order valence-electron chi connectivity index (χ3n) is 2.14. The fourth-order valence-electron chi connectivity index (χ4n) is 1.26. The van der Waals surface area contributed by atoms with Gasteiger partial charge < -0.3 is 10.4 Å². The molecule has 14 heavy (non-hydrogen) atoms. The zero-order valence-electron chi connectivity index (χ0n) is 8.45. The molecule has 0 radical (unpaired) electrons. The van der Waals surface area contributed by atoms with E-state index in [4.69, 9.17) is 5.11 Å². The molecule has 0 saturated carbocycles. The minimum Gasteiger partial charge on any atom is -0.481 e. The number of aliphatic carboxylic acids is 1. The summed E-state index contributed by atoms with van der Waals surface area (Å²) in [5.74, 6) is -1.24. The summed E-state index contributed by atoms with van der Waals surface area (Å²) in [5, 5.41) is 12.0. The Kier molecular flexibility index (Phi) is 3.51. The molecule has 0 amide bonds. The normalized spacial score (nSPS) is 12.1. The van der Waals surface area contributed by atoms with Gasteiger partial charge in [-0.2, -0.15) is 0 Å². The van der Waals surface area contributed by atoms with E-state index in [-0.39, 0.29) is 0 Å². The lowest BCUT2D eigenvalue weighted by molar-refractivity contribution is -0.138. The highest BCUT2D eigenvalue weighted by atomic mass is 16.4. The molecule has 2 N–H and O–H groups in total. The Hall–Kier alpha value is -1.51. The van der Waals surface area contributed by atoms with Gasteiger partial charge in [-0.25, -0.2) is 0 Å². The van der Waals surface area contributed by atoms with Gasteiger partial charge in [-0.05, 0) is 31.5 Å². The average Bonchev–Trinajstić information content (AvgIpc) is 2.17. The van der Waals surface area contributed by atoms with Gasteiger partial charge in [0.15, 0.2) is 0 Å². The van der Waals surface area contributed by atoms with Crippen molar-refractivity contribution in [3.63, 3.8) is 0 Å². The summed E-state index contributed by atoms with van der Waals surface area (Å²) < 4.78 is 0. The van der Waals surface area contributed by atoms with E-state index >= 15 is 0 Å². The summed E-state index contributed by atoms with van der Waals surface area (Å²) in [6.45, 7) is 4.53. The van der Waals surface area contributed by atoms with Crippen LogP contribution in [0.5, 0.6) is 0 Å². The Balaban J connectivity index is 2.87. The maximum atomic E-state index is 10.7. The number of benzene rings is 1. The van der Waals surface area contributed by atoms with Crippen molar-refractivity contribution in [1.82, 2.24) is 0 Å². The molecule has 76 valence electrons. The van der Waals surface area contributed by atoms with E-state index in [9.17, 15) is 4.79 Å². The van der Waals surface area contributed by atoms with E-state index in [2.05, 4.69) is 5.32 Å². The molecule has 3 nitrogen and oxygen atoms in total. The molecule has 0 bridgehead atoms. The van der Waals surface area contributed by atoms with Gasteiger partial charge in [0.25, 0.3) is 0 Å². The third-order valence-corrected chi connectivity index (χ3v) is 2.14. The number of anilines is 1. The number of hydrogen-bond donors (Lipinski definition) is 2. The quantitative estimate of drug-likeness (QED) is 0.771. The van der Waals surface area contributed by atoms with Gasteiger partial charge in [0, 0.05) is 12.2 Å². The van der Waals surface area contributed by atoms with E-state index in [1.165, 1.54) is 0 Å². The Morgan fingerprint density at radius 2 is 2.29 bits per heavy atom. The highest BCUT2D eigenvalue weighted by Gasteiger charge is 2.13. The number of nitrogens with one attached hydrogen (secondary N) is 1. The Labute approximate surface area is 83.8 Å². The van der Waals surface area contributed by atoms with Crippen molar-refractivity contribution in [3.05, 3.63) is 29.8 Å².